The van der Waals surface area contributed by atoms with Crippen molar-refractivity contribution in [1.82, 2.24) is 9.78 Å². The van der Waals surface area contributed by atoms with Gasteiger partial charge in [0.25, 0.3) is 11.6 Å². The van der Waals surface area contributed by atoms with Gasteiger partial charge in [-0.3, -0.25) is 14.9 Å². The van der Waals surface area contributed by atoms with E-state index >= 15 is 0 Å². The fourth-order valence-corrected chi connectivity index (χ4v) is 2.29. The minimum atomic E-state index is -1.22. The number of nitrogens with zero attached hydrogens (tertiary/aromatic N) is 3. The van der Waals surface area contributed by atoms with Crippen molar-refractivity contribution in [1.29, 1.82) is 0 Å². The summed E-state index contributed by atoms with van der Waals surface area (Å²) < 4.78 is 0.809. The Morgan fingerprint density at radius 3 is 2.67 bits per heavy atom. The van der Waals surface area contributed by atoms with Gasteiger partial charge in [0.1, 0.15) is 5.56 Å². The van der Waals surface area contributed by atoms with E-state index in [1.54, 1.807) is 0 Å². The SMILES string of the molecule is O=C(Nc1ccc2c(cnn2C(=O)O)c1)c1ccccc1[N+](=O)[O-]. The summed E-state index contributed by atoms with van der Waals surface area (Å²) in [5.41, 5.74) is 0.375. The van der Waals surface area contributed by atoms with Crippen molar-refractivity contribution in [2.75, 3.05) is 5.32 Å². The molecule has 1 heterocycles. The van der Waals surface area contributed by atoms with E-state index in [2.05, 4.69) is 10.4 Å². The summed E-state index contributed by atoms with van der Waals surface area (Å²) >= 11 is 0. The van der Waals surface area contributed by atoms with Gasteiger partial charge in [-0.25, -0.2) is 4.79 Å². The second-order valence-electron chi connectivity index (χ2n) is 4.84. The van der Waals surface area contributed by atoms with E-state index in [-0.39, 0.29) is 11.3 Å². The van der Waals surface area contributed by atoms with Gasteiger partial charge >= 0.3 is 6.09 Å². The number of nitro benzene ring substituents is 1. The Balaban J connectivity index is 1.91. The Bertz CT molecular complexity index is 979. The molecule has 3 rings (SSSR count). The number of anilines is 1. The first-order chi connectivity index (χ1) is 11.5. The number of hydrogen-bond donors (Lipinski definition) is 2. The van der Waals surface area contributed by atoms with Crippen LogP contribution in [0.2, 0.25) is 0 Å². The molecule has 0 saturated heterocycles. The van der Waals surface area contributed by atoms with Crippen LogP contribution in [0.15, 0.2) is 48.7 Å². The van der Waals surface area contributed by atoms with Crippen molar-refractivity contribution in [3.05, 3.63) is 64.3 Å². The fourth-order valence-electron chi connectivity index (χ4n) is 2.29. The average molecular weight is 326 g/mol. The molecule has 3 aromatic rings. The first kappa shape index (κ1) is 15.2. The lowest BCUT2D eigenvalue weighted by atomic mass is 10.1. The number of fused-ring (bicyclic) bond motifs is 1. The average Bonchev–Trinajstić information content (AvgIpc) is 2.98. The van der Waals surface area contributed by atoms with Crippen molar-refractivity contribution in [3.63, 3.8) is 0 Å². The summed E-state index contributed by atoms with van der Waals surface area (Å²) in [6.45, 7) is 0. The molecule has 0 spiro atoms. The molecule has 2 N–H and O–H groups in total. The third-order valence-electron chi connectivity index (χ3n) is 3.35. The molecule has 1 amide bonds. The molecule has 9 nitrogen and oxygen atoms in total. The van der Waals surface area contributed by atoms with E-state index in [1.165, 1.54) is 48.7 Å². The van der Waals surface area contributed by atoms with Gasteiger partial charge in [0.2, 0.25) is 0 Å². The van der Waals surface area contributed by atoms with Gasteiger partial charge in [-0.2, -0.15) is 9.78 Å². The smallest absolute Gasteiger partial charge is 0.432 e. The van der Waals surface area contributed by atoms with Gasteiger partial charge < -0.3 is 10.4 Å². The molecule has 9 heteroatoms. The topological polar surface area (TPSA) is 127 Å². The molecule has 0 saturated carbocycles. The zero-order valence-corrected chi connectivity index (χ0v) is 12.0. The van der Waals surface area contributed by atoms with Gasteiger partial charge in [0.15, 0.2) is 0 Å². The van der Waals surface area contributed by atoms with Crippen LogP contribution in [0, 0.1) is 10.1 Å². The van der Waals surface area contributed by atoms with Crippen LogP contribution in [0.4, 0.5) is 16.2 Å². The third-order valence-corrected chi connectivity index (χ3v) is 3.35. The van der Waals surface area contributed by atoms with Gasteiger partial charge in [0, 0.05) is 17.1 Å². The third kappa shape index (κ3) is 2.65. The van der Waals surface area contributed by atoms with Crippen LogP contribution in [-0.2, 0) is 0 Å². The number of aromatic nitrogens is 2. The van der Waals surface area contributed by atoms with Crippen molar-refractivity contribution >= 4 is 34.3 Å². The summed E-state index contributed by atoms with van der Waals surface area (Å²) in [5.74, 6) is -0.632. The molecule has 0 unspecified atom stereocenters. The largest absolute Gasteiger partial charge is 0.463 e. The fraction of sp³-hybridized carbons (Fsp3) is 0. The molecular formula is C15H10N4O5. The molecule has 2 aromatic carbocycles. The molecule has 0 fully saturated rings. The number of amides is 1. The monoisotopic (exact) mass is 326 g/mol. The van der Waals surface area contributed by atoms with Gasteiger partial charge in [-0.1, -0.05) is 12.1 Å². The number of hydrogen-bond acceptors (Lipinski definition) is 5. The Kier molecular flexibility index (Phi) is 3.66. The number of rotatable bonds is 3. The van der Waals surface area contributed by atoms with Crippen molar-refractivity contribution < 1.29 is 19.6 Å². The van der Waals surface area contributed by atoms with Crippen LogP contribution in [-0.4, -0.2) is 31.8 Å². The Morgan fingerprint density at radius 2 is 1.96 bits per heavy atom. The number of para-hydroxylation sites is 1. The molecule has 0 aliphatic heterocycles. The van der Waals surface area contributed by atoms with E-state index < -0.39 is 16.9 Å². The molecule has 0 aliphatic carbocycles. The number of nitrogens with one attached hydrogen (secondary N) is 1. The van der Waals surface area contributed by atoms with E-state index in [1.807, 2.05) is 0 Å². The summed E-state index contributed by atoms with van der Waals surface area (Å²) in [4.78, 5) is 33.6. The minimum absolute atomic E-state index is 0.0659. The number of nitro groups is 1. The zero-order valence-electron chi connectivity index (χ0n) is 12.0. The summed E-state index contributed by atoms with van der Waals surface area (Å²) in [5, 5.41) is 26.8. The Morgan fingerprint density at radius 1 is 1.21 bits per heavy atom. The molecular weight excluding hydrogens is 316 g/mol. The number of carbonyl (C=O) groups is 2. The highest BCUT2D eigenvalue weighted by Crippen LogP contribution is 2.22. The lowest BCUT2D eigenvalue weighted by Gasteiger charge is -2.06. The maximum absolute atomic E-state index is 12.3. The number of benzene rings is 2. The van der Waals surface area contributed by atoms with Crippen LogP contribution in [0.5, 0.6) is 0 Å². The van der Waals surface area contributed by atoms with Crippen LogP contribution in [0.25, 0.3) is 10.9 Å². The zero-order chi connectivity index (χ0) is 17.3. The van der Waals surface area contributed by atoms with Crippen LogP contribution in [0.1, 0.15) is 10.4 Å². The first-order valence-corrected chi connectivity index (χ1v) is 6.73. The Labute approximate surface area is 134 Å². The second-order valence-corrected chi connectivity index (χ2v) is 4.84. The van der Waals surface area contributed by atoms with Gasteiger partial charge in [0.05, 0.1) is 16.6 Å². The van der Waals surface area contributed by atoms with Crippen molar-refractivity contribution in [2.24, 2.45) is 0 Å². The lowest BCUT2D eigenvalue weighted by Crippen LogP contribution is -2.14. The van der Waals surface area contributed by atoms with Gasteiger partial charge in [-0.15, -0.1) is 0 Å². The quantitative estimate of drug-likeness (QED) is 0.562. The molecule has 24 heavy (non-hydrogen) atoms. The summed E-state index contributed by atoms with van der Waals surface area (Å²) in [6, 6.07) is 10.1. The maximum Gasteiger partial charge on any atom is 0.432 e. The van der Waals surface area contributed by atoms with E-state index in [9.17, 15) is 19.7 Å². The van der Waals surface area contributed by atoms with Crippen LogP contribution < -0.4 is 5.32 Å². The molecule has 0 aliphatic rings. The molecule has 0 atom stereocenters. The van der Waals surface area contributed by atoms with Crippen LogP contribution in [0.3, 0.4) is 0 Å². The normalized spacial score (nSPS) is 10.5. The maximum atomic E-state index is 12.3. The molecule has 1 aromatic heterocycles. The predicted octanol–water partition coefficient (Wildman–Crippen LogP) is 2.72. The minimum Gasteiger partial charge on any atom is -0.463 e. The van der Waals surface area contributed by atoms with Gasteiger partial charge in [-0.05, 0) is 24.3 Å². The molecule has 120 valence electrons. The van der Waals surface area contributed by atoms with E-state index in [4.69, 9.17) is 5.11 Å². The Hall–Kier alpha value is -3.75. The molecule has 0 radical (unpaired) electrons. The predicted molar refractivity (Wildman–Crippen MR) is 84.2 cm³/mol. The highest BCUT2D eigenvalue weighted by Gasteiger charge is 2.19. The van der Waals surface area contributed by atoms with Crippen molar-refractivity contribution in [2.45, 2.75) is 0 Å². The summed E-state index contributed by atoms with van der Waals surface area (Å²) in [6.07, 6.45) is 0.131. The van der Waals surface area contributed by atoms with E-state index in [0.29, 0.717) is 16.6 Å². The standard InChI is InChI=1S/C15H10N4O5/c20-14(11-3-1-2-4-13(11)19(23)24)17-10-5-6-12-9(7-10)8-16-18(12)15(21)22/h1-8H,(H,17,20)(H,21,22). The highest BCUT2D eigenvalue weighted by atomic mass is 16.6. The lowest BCUT2D eigenvalue weighted by molar-refractivity contribution is -0.385. The van der Waals surface area contributed by atoms with E-state index in [0.717, 1.165) is 4.68 Å². The number of carbonyl (C=O) groups excluding carboxylic acids is 1. The second kappa shape index (κ2) is 5.80. The van der Waals surface area contributed by atoms with Crippen molar-refractivity contribution in [3.8, 4) is 0 Å². The molecule has 0 bridgehead atoms. The van der Waals surface area contributed by atoms with Crippen LogP contribution >= 0.6 is 0 Å². The summed E-state index contributed by atoms with van der Waals surface area (Å²) in [7, 11) is 0. The highest BCUT2D eigenvalue weighted by molar-refractivity contribution is 6.07. The number of carboxylic acid groups (broad SMARTS) is 1. The first-order valence-electron chi connectivity index (χ1n) is 6.73.